The molecule has 0 unspecified atom stereocenters. The summed E-state index contributed by atoms with van der Waals surface area (Å²) in [7, 11) is 3.23. The third-order valence-corrected chi connectivity index (χ3v) is 3.88. The van der Waals surface area contributed by atoms with E-state index in [1.807, 2.05) is 18.2 Å². The molecule has 0 aliphatic rings. The number of hydrogen-bond acceptors (Lipinski definition) is 5. The van der Waals surface area contributed by atoms with Crippen LogP contribution in [0.4, 0.5) is 0 Å². The van der Waals surface area contributed by atoms with Crippen molar-refractivity contribution in [2.45, 2.75) is 10.6 Å². The van der Waals surface area contributed by atoms with Gasteiger partial charge in [0.25, 0.3) is 0 Å². The first-order chi connectivity index (χ1) is 10.1. The number of nitrogens with zero attached hydrogens (tertiary/aromatic N) is 1. The Labute approximate surface area is 126 Å². The van der Waals surface area contributed by atoms with Crippen LogP contribution in [0, 0.1) is 0 Å². The molecule has 0 fully saturated rings. The Morgan fingerprint density at radius 1 is 1.24 bits per heavy atom. The Kier molecular flexibility index (Phi) is 5.05. The summed E-state index contributed by atoms with van der Waals surface area (Å²) in [5.41, 5.74) is 1.02. The molecule has 5 nitrogen and oxygen atoms in total. The molecule has 0 amide bonds. The minimum absolute atomic E-state index is 0.0395. The van der Waals surface area contributed by atoms with Crippen molar-refractivity contribution < 1.29 is 19.4 Å². The minimum atomic E-state index is -1.03. The van der Waals surface area contributed by atoms with Crippen molar-refractivity contribution in [3.05, 3.63) is 47.8 Å². The molecule has 0 aliphatic carbocycles. The van der Waals surface area contributed by atoms with Crippen LogP contribution in [0.15, 0.2) is 41.4 Å². The molecule has 0 atom stereocenters. The molecule has 0 radical (unpaired) electrons. The molecule has 2 aromatic rings. The van der Waals surface area contributed by atoms with Crippen LogP contribution >= 0.6 is 11.8 Å². The normalized spacial score (nSPS) is 10.2. The Morgan fingerprint density at radius 3 is 2.71 bits per heavy atom. The smallest absolute Gasteiger partial charge is 0.354 e. The van der Waals surface area contributed by atoms with Crippen LogP contribution in [-0.2, 0) is 5.75 Å². The van der Waals surface area contributed by atoms with Crippen molar-refractivity contribution >= 4 is 17.7 Å². The predicted octanol–water partition coefficient (Wildman–Crippen LogP) is 3.09. The van der Waals surface area contributed by atoms with Crippen molar-refractivity contribution in [2.75, 3.05) is 14.2 Å². The molecule has 1 aromatic carbocycles. The number of aromatic nitrogens is 1. The van der Waals surface area contributed by atoms with Crippen LogP contribution < -0.4 is 9.47 Å². The van der Waals surface area contributed by atoms with E-state index in [0.717, 1.165) is 22.0 Å². The molecule has 1 heterocycles. The molecule has 110 valence electrons. The van der Waals surface area contributed by atoms with Crippen LogP contribution in [0.3, 0.4) is 0 Å². The number of thioether (sulfide) groups is 1. The van der Waals surface area contributed by atoms with E-state index >= 15 is 0 Å². The first-order valence-corrected chi connectivity index (χ1v) is 7.15. The van der Waals surface area contributed by atoms with Gasteiger partial charge in [-0.15, -0.1) is 11.8 Å². The van der Waals surface area contributed by atoms with Gasteiger partial charge in [0.15, 0.2) is 0 Å². The molecule has 21 heavy (non-hydrogen) atoms. The Bertz CT molecular complexity index is 645. The third-order valence-electron chi connectivity index (χ3n) is 2.83. The maximum atomic E-state index is 10.9. The fraction of sp³-hybridized carbons (Fsp3) is 0.200. The van der Waals surface area contributed by atoms with Gasteiger partial charge in [-0.3, -0.25) is 0 Å². The average Bonchev–Trinajstić information content (AvgIpc) is 2.52. The number of rotatable bonds is 6. The van der Waals surface area contributed by atoms with E-state index in [1.165, 1.54) is 18.0 Å². The van der Waals surface area contributed by atoms with Crippen LogP contribution in [0.1, 0.15) is 16.1 Å². The number of hydrogen-bond donors (Lipinski definition) is 1. The first-order valence-electron chi connectivity index (χ1n) is 6.17. The second kappa shape index (κ2) is 6.99. The van der Waals surface area contributed by atoms with E-state index in [2.05, 4.69) is 4.98 Å². The predicted molar refractivity (Wildman–Crippen MR) is 80.3 cm³/mol. The number of carboxylic acids is 1. The van der Waals surface area contributed by atoms with Gasteiger partial charge in [-0.2, -0.15) is 0 Å². The summed E-state index contributed by atoms with van der Waals surface area (Å²) < 4.78 is 10.5. The summed E-state index contributed by atoms with van der Waals surface area (Å²) in [6.07, 6.45) is 1.49. The Balaban J connectivity index is 2.15. The zero-order chi connectivity index (χ0) is 15.2. The summed E-state index contributed by atoms with van der Waals surface area (Å²) in [4.78, 5) is 15.5. The van der Waals surface area contributed by atoms with Crippen molar-refractivity contribution in [3.63, 3.8) is 0 Å². The van der Waals surface area contributed by atoms with Gasteiger partial charge in [0, 0.05) is 22.4 Å². The zero-order valence-electron chi connectivity index (χ0n) is 11.7. The van der Waals surface area contributed by atoms with E-state index in [1.54, 1.807) is 26.4 Å². The van der Waals surface area contributed by atoms with Gasteiger partial charge in [-0.1, -0.05) is 0 Å². The maximum absolute atomic E-state index is 10.9. The topological polar surface area (TPSA) is 68.7 Å². The van der Waals surface area contributed by atoms with Crippen LogP contribution in [0.25, 0.3) is 0 Å². The lowest BCUT2D eigenvalue weighted by Gasteiger charge is -2.10. The summed E-state index contributed by atoms with van der Waals surface area (Å²) in [5, 5.41) is 8.94. The molecule has 0 bridgehead atoms. The lowest BCUT2D eigenvalue weighted by molar-refractivity contribution is 0.0690. The van der Waals surface area contributed by atoms with E-state index < -0.39 is 5.97 Å². The minimum Gasteiger partial charge on any atom is -0.497 e. The lowest BCUT2D eigenvalue weighted by Crippen LogP contribution is -1.99. The zero-order valence-corrected chi connectivity index (χ0v) is 12.5. The highest BCUT2D eigenvalue weighted by Gasteiger charge is 2.08. The Hall–Kier alpha value is -2.21. The fourth-order valence-electron chi connectivity index (χ4n) is 1.77. The van der Waals surface area contributed by atoms with Gasteiger partial charge in [0.1, 0.15) is 17.2 Å². The highest BCUT2D eigenvalue weighted by molar-refractivity contribution is 7.98. The van der Waals surface area contributed by atoms with Crippen LogP contribution in [0.2, 0.25) is 0 Å². The van der Waals surface area contributed by atoms with Crippen molar-refractivity contribution in [2.24, 2.45) is 0 Å². The van der Waals surface area contributed by atoms with E-state index in [9.17, 15) is 4.79 Å². The molecular formula is C15H15NO4S. The molecule has 0 spiro atoms. The summed E-state index contributed by atoms with van der Waals surface area (Å²) in [6, 6.07) is 8.93. The Morgan fingerprint density at radius 2 is 2.05 bits per heavy atom. The molecule has 0 saturated carbocycles. The van der Waals surface area contributed by atoms with E-state index in [0.29, 0.717) is 5.75 Å². The number of carboxylic acid groups (broad SMARTS) is 1. The number of pyridine rings is 1. The molecule has 0 saturated heterocycles. The number of ether oxygens (including phenoxy) is 2. The van der Waals surface area contributed by atoms with Gasteiger partial charge >= 0.3 is 5.97 Å². The van der Waals surface area contributed by atoms with E-state index in [4.69, 9.17) is 14.6 Å². The average molecular weight is 305 g/mol. The molecule has 2 rings (SSSR count). The first kappa shape index (κ1) is 15.2. The third kappa shape index (κ3) is 3.88. The van der Waals surface area contributed by atoms with Gasteiger partial charge < -0.3 is 14.6 Å². The fourth-order valence-corrected chi connectivity index (χ4v) is 2.67. The lowest BCUT2D eigenvalue weighted by atomic mass is 10.2. The summed E-state index contributed by atoms with van der Waals surface area (Å²) >= 11 is 1.51. The highest BCUT2D eigenvalue weighted by atomic mass is 32.2. The SMILES string of the molecule is COc1ccc(OC)c(CSc2ccnc(C(=O)O)c2)c1. The van der Waals surface area contributed by atoms with E-state index in [-0.39, 0.29) is 5.69 Å². The molecular weight excluding hydrogens is 290 g/mol. The van der Waals surface area contributed by atoms with Crippen molar-refractivity contribution in [3.8, 4) is 11.5 Å². The second-order valence-electron chi connectivity index (χ2n) is 4.15. The molecule has 1 N–H and O–H groups in total. The number of methoxy groups -OCH3 is 2. The highest BCUT2D eigenvalue weighted by Crippen LogP contribution is 2.30. The summed E-state index contributed by atoms with van der Waals surface area (Å²) in [6.45, 7) is 0. The summed E-state index contributed by atoms with van der Waals surface area (Å²) in [5.74, 6) is 1.14. The van der Waals surface area contributed by atoms with Crippen molar-refractivity contribution in [1.29, 1.82) is 0 Å². The molecule has 0 aliphatic heterocycles. The largest absolute Gasteiger partial charge is 0.497 e. The standard InChI is InChI=1S/C15H15NO4S/c1-19-11-3-4-14(20-2)10(7-11)9-21-12-5-6-16-13(8-12)15(17)18/h3-8H,9H2,1-2H3,(H,17,18). The molecule has 1 aromatic heterocycles. The quantitative estimate of drug-likeness (QED) is 0.827. The molecule has 6 heteroatoms. The van der Waals surface area contributed by atoms with Gasteiger partial charge in [0.05, 0.1) is 14.2 Å². The number of aromatic carboxylic acids is 1. The van der Waals surface area contributed by atoms with Crippen molar-refractivity contribution in [1.82, 2.24) is 4.98 Å². The van der Waals surface area contributed by atoms with Gasteiger partial charge in [-0.25, -0.2) is 9.78 Å². The second-order valence-corrected chi connectivity index (χ2v) is 5.20. The van der Waals surface area contributed by atoms with Crippen LogP contribution in [0.5, 0.6) is 11.5 Å². The van der Waals surface area contributed by atoms with Gasteiger partial charge in [0.2, 0.25) is 0 Å². The monoisotopic (exact) mass is 305 g/mol. The maximum Gasteiger partial charge on any atom is 0.354 e. The number of carbonyl (C=O) groups is 1. The number of benzene rings is 1. The van der Waals surface area contributed by atoms with Gasteiger partial charge in [-0.05, 0) is 30.3 Å². The van der Waals surface area contributed by atoms with Crippen LogP contribution in [-0.4, -0.2) is 30.3 Å².